The van der Waals surface area contributed by atoms with Crippen LogP contribution in [0.3, 0.4) is 0 Å². The molecule has 1 unspecified atom stereocenters. The van der Waals surface area contributed by atoms with Crippen LogP contribution in [0.2, 0.25) is 0 Å². The number of aromatic carboxylic acids is 1. The van der Waals surface area contributed by atoms with Crippen molar-refractivity contribution in [2.45, 2.75) is 12.0 Å². The van der Waals surface area contributed by atoms with Crippen LogP contribution in [0.4, 0.5) is 0 Å². The van der Waals surface area contributed by atoms with Gasteiger partial charge in [0.25, 0.3) is 0 Å². The molecule has 3 aromatic rings. The third-order valence-electron chi connectivity index (χ3n) is 5.13. The highest BCUT2D eigenvalue weighted by molar-refractivity contribution is 5.88. The second-order valence-corrected chi connectivity index (χ2v) is 6.76. The van der Waals surface area contributed by atoms with Gasteiger partial charge in [0, 0.05) is 5.92 Å². The highest BCUT2D eigenvalue weighted by Crippen LogP contribution is 2.44. The zero-order valence-corrected chi connectivity index (χ0v) is 15.0. The molecule has 5 nitrogen and oxygen atoms in total. The molecule has 0 aromatic heterocycles. The fraction of sp³-hybridized carbons (Fsp3) is 0.130. The molecule has 3 aromatic carbocycles. The molecule has 0 amide bonds. The molecule has 0 saturated heterocycles. The molecule has 1 atom stereocenters. The van der Waals surface area contributed by atoms with Gasteiger partial charge in [0.05, 0.1) is 5.56 Å². The Kier molecular flexibility index (Phi) is 4.67. The van der Waals surface area contributed by atoms with Crippen LogP contribution in [0, 0.1) is 0 Å². The standard InChI is InChI=1S/C23H19NO4/c24-21(14-9-11-15(12-10-14)22(25)26)23(27)28-13-20-18-7-3-1-5-16(18)17-6-2-4-8-19(17)20/h1-12,20-21H,13,24H2,(H,25,26). The quantitative estimate of drug-likeness (QED) is 0.665. The molecular weight excluding hydrogens is 354 g/mol. The van der Waals surface area contributed by atoms with E-state index in [0.29, 0.717) is 5.56 Å². The number of carbonyl (C=O) groups is 2. The molecule has 1 aliphatic rings. The van der Waals surface area contributed by atoms with Crippen molar-refractivity contribution in [2.24, 2.45) is 5.73 Å². The van der Waals surface area contributed by atoms with E-state index >= 15 is 0 Å². The van der Waals surface area contributed by atoms with Gasteiger partial charge in [-0.25, -0.2) is 9.59 Å². The second kappa shape index (κ2) is 7.29. The molecule has 5 heteroatoms. The molecule has 1 aliphatic carbocycles. The molecule has 0 heterocycles. The second-order valence-electron chi connectivity index (χ2n) is 6.76. The molecule has 0 fully saturated rings. The topological polar surface area (TPSA) is 89.6 Å². The number of esters is 1. The Morgan fingerprint density at radius 2 is 1.43 bits per heavy atom. The summed E-state index contributed by atoms with van der Waals surface area (Å²) in [5.41, 5.74) is 11.3. The first-order valence-corrected chi connectivity index (χ1v) is 9.00. The molecular formula is C23H19NO4. The first-order chi connectivity index (χ1) is 13.6. The lowest BCUT2D eigenvalue weighted by molar-refractivity contribution is -0.145. The van der Waals surface area contributed by atoms with E-state index in [1.807, 2.05) is 24.3 Å². The third kappa shape index (κ3) is 3.17. The maximum Gasteiger partial charge on any atom is 0.335 e. The lowest BCUT2D eigenvalue weighted by atomic mass is 9.98. The fourth-order valence-corrected chi connectivity index (χ4v) is 3.66. The van der Waals surface area contributed by atoms with Crippen molar-refractivity contribution in [1.82, 2.24) is 0 Å². The number of carbonyl (C=O) groups excluding carboxylic acids is 1. The highest BCUT2D eigenvalue weighted by atomic mass is 16.5. The van der Waals surface area contributed by atoms with Gasteiger partial charge >= 0.3 is 11.9 Å². The van der Waals surface area contributed by atoms with E-state index in [4.69, 9.17) is 15.6 Å². The Bertz CT molecular complexity index is 997. The maximum atomic E-state index is 12.5. The average molecular weight is 373 g/mol. The molecule has 0 spiro atoms. The summed E-state index contributed by atoms with van der Waals surface area (Å²) < 4.78 is 5.55. The summed E-state index contributed by atoms with van der Waals surface area (Å²) in [6.07, 6.45) is 0. The molecule has 0 saturated carbocycles. The summed E-state index contributed by atoms with van der Waals surface area (Å²) in [4.78, 5) is 23.4. The lowest BCUT2D eigenvalue weighted by Crippen LogP contribution is -2.25. The van der Waals surface area contributed by atoms with Gasteiger partial charge in [0.1, 0.15) is 12.6 Å². The van der Waals surface area contributed by atoms with Crippen molar-refractivity contribution in [1.29, 1.82) is 0 Å². The highest BCUT2D eigenvalue weighted by Gasteiger charge is 2.29. The molecule has 0 aliphatic heterocycles. The predicted octanol–water partition coefficient (Wildman–Crippen LogP) is 3.74. The van der Waals surface area contributed by atoms with Crippen LogP contribution in [-0.4, -0.2) is 23.7 Å². The SMILES string of the molecule is NC(C(=O)OCC1c2ccccc2-c2ccccc21)c1ccc(C(=O)O)cc1. The monoisotopic (exact) mass is 373 g/mol. The summed E-state index contributed by atoms with van der Waals surface area (Å²) >= 11 is 0. The number of hydrogen-bond acceptors (Lipinski definition) is 4. The van der Waals surface area contributed by atoms with Crippen LogP contribution in [0.5, 0.6) is 0 Å². The van der Waals surface area contributed by atoms with Crippen molar-refractivity contribution in [3.05, 3.63) is 95.1 Å². The summed E-state index contributed by atoms with van der Waals surface area (Å²) in [6.45, 7) is 0.202. The van der Waals surface area contributed by atoms with Gasteiger partial charge in [0.15, 0.2) is 0 Å². The number of fused-ring (bicyclic) bond motifs is 3. The van der Waals surface area contributed by atoms with Crippen LogP contribution >= 0.6 is 0 Å². The minimum Gasteiger partial charge on any atom is -0.478 e. The molecule has 4 rings (SSSR count). The number of benzene rings is 3. The van der Waals surface area contributed by atoms with Crippen LogP contribution < -0.4 is 5.73 Å². The van der Waals surface area contributed by atoms with E-state index in [1.54, 1.807) is 0 Å². The lowest BCUT2D eigenvalue weighted by Gasteiger charge is -2.17. The molecule has 140 valence electrons. The van der Waals surface area contributed by atoms with Crippen LogP contribution in [0.25, 0.3) is 11.1 Å². The number of ether oxygens (including phenoxy) is 1. The Balaban J connectivity index is 1.50. The van der Waals surface area contributed by atoms with Crippen LogP contribution in [0.1, 0.15) is 39.0 Å². The van der Waals surface area contributed by atoms with E-state index in [9.17, 15) is 9.59 Å². The minimum absolute atomic E-state index is 0.0297. The maximum absolute atomic E-state index is 12.5. The van der Waals surface area contributed by atoms with Crippen molar-refractivity contribution >= 4 is 11.9 Å². The smallest absolute Gasteiger partial charge is 0.335 e. The van der Waals surface area contributed by atoms with Gasteiger partial charge < -0.3 is 15.6 Å². The van der Waals surface area contributed by atoms with Gasteiger partial charge in [-0.15, -0.1) is 0 Å². The summed E-state index contributed by atoms with van der Waals surface area (Å²) in [6, 6.07) is 21.2. The molecule has 0 bridgehead atoms. The predicted molar refractivity (Wildman–Crippen MR) is 105 cm³/mol. The molecule has 3 N–H and O–H groups in total. The van der Waals surface area contributed by atoms with E-state index in [2.05, 4.69) is 24.3 Å². The largest absolute Gasteiger partial charge is 0.478 e. The average Bonchev–Trinajstić information content (AvgIpc) is 3.05. The normalized spacial score (nSPS) is 13.5. The Hall–Kier alpha value is -3.44. The molecule has 0 radical (unpaired) electrons. The van der Waals surface area contributed by atoms with Crippen LogP contribution in [0.15, 0.2) is 72.8 Å². The first-order valence-electron chi connectivity index (χ1n) is 9.00. The number of nitrogens with two attached hydrogens (primary N) is 1. The Morgan fingerprint density at radius 1 is 0.893 bits per heavy atom. The summed E-state index contributed by atoms with van der Waals surface area (Å²) in [5, 5.41) is 8.97. The van der Waals surface area contributed by atoms with Crippen molar-refractivity contribution in [3.8, 4) is 11.1 Å². The number of rotatable bonds is 5. The van der Waals surface area contributed by atoms with E-state index in [-0.39, 0.29) is 18.1 Å². The van der Waals surface area contributed by atoms with Crippen LogP contribution in [-0.2, 0) is 9.53 Å². The van der Waals surface area contributed by atoms with Crippen molar-refractivity contribution < 1.29 is 19.4 Å². The van der Waals surface area contributed by atoms with Gasteiger partial charge in [-0.2, -0.15) is 0 Å². The Labute approximate surface area is 162 Å². The number of carboxylic acids is 1. The number of hydrogen-bond donors (Lipinski definition) is 2. The van der Waals surface area contributed by atoms with Gasteiger partial charge in [-0.05, 0) is 39.9 Å². The van der Waals surface area contributed by atoms with Crippen molar-refractivity contribution in [3.63, 3.8) is 0 Å². The van der Waals surface area contributed by atoms with Gasteiger partial charge in [0.2, 0.25) is 0 Å². The zero-order valence-electron chi connectivity index (χ0n) is 15.0. The zero-order chi connectivity index (χ0) is 19.7. The van der Waals surface area contributed by atoms with E-state index in [0.717, 1.165) is 22.3 Å². The third-order valence-corrected chi connectivity index (χ3v) is 5.13. The molecule has 28 heavy (non-hydrogen) atoms. The first kappa shape index (κ1) is 17.9. The minimum atomic E-state index is -1.03. The summed E-state index contributed by atoms with van der Waals surface area (Å²) in [5.74, 6) is -1.59. The van der Waals surface area contributed by atoms with Gasteiger partial charge in [-0.3, -0.25) is 0 Å². The van der Waals surface area contributed by atoms with Crippen molar-refractivity contribution in [2.75, 3.05) is 6.61 Å². The number of carboxylic acid groups (broad SMARTS) is 1. The van der Waals surface area contributed by atoms with Gasteiger partial charge in [-0.1, -0.05) is 60.7 Å². The van der Waals surface area contributed by atoms with E-state index < -0.39 is 18.0 Å². The fourth-order valence-electron chi connectivity index (χ4n) is 3.66. The summed E-state index contributed by atoms with van der Waals surface area (Å²) in [7, 11) is 0. The Morgan fingerprint density at radius 3 is 1.96 bits per heavy atom. The van der Waals surface area contributed by atoms with E-state index in [1.165, 1.54) is 24.3 Å².